The molecule has 164 valence electrons. The Morgan fingerprint density at radius 2 is 1.69 bits per heavy atom. The highest BCUT2D eigenvalue weighted by atomic mass is 16.7. The number of rotatable bonds is 5. The zero-order valence-corrected chi connectivity index (χ0v) is 17.3. The normalized spacial score (nSPS) is 15.1. The summed E-state index contributed by atoms with van der Waals surface area (Å²) in [6.45, 7) is 2.10. The van der Waals surface area contributed by atoms with Gasteiger partial charge in [0, 0.05) is 62.5 Å². The Kier molecular flexibility index (Phi) is 5.40. The molecule has 0 unspecified atom stereocenters. The summed E-state index contributed by atoms with van der Waals surface area (Å²) in [4.78, 5) is 37.2. The molecule has 1 saturated heterocycles. The van der Waals surface area contributed by atoms with E-state index in [1.165, 1.54) is 0 Å². The van der Waals surface area contributed by atoms with Gasteiger partial charge < -0.3 is 23.8 Å². The number of aromatic nitrogens is 3. The van der Waals surface area contributed by atoms with Gasteiger partial charge in [0.25, 0.3) is 5.91 Å². The van der Waals surface area contributed by atoms with E-state index in [0.717, 1.165) is 5.56 Å². The van der Waals surface area contributed by atoms with Gasteiger partial charge in [-0.3, -0.25) is 14.6 Å². The van der Waals surface area contributed by atoms with E-state index in [2.05, 4.69) is 15.1 Å². The second-order valence-electron chi connectivity index (χ2n) is 7.49. The number of nitrogens with zero attached hydrogens (tertiary/aromatic N) is 5. The maximum Gasteiger partial charge on any atom is 0.254 e. The molecular weight excluding hydrogens is 414 g/mol. The van der Waals surface area contributed by atoms with Crippen molar-refractivity contribution in [2.75, 3.05) is 33.0 Å². The van der Waals surface area contributed by atoms with E-state index in [1.807, 2.05) is 0 Å². The minimum absolute atomic E-state index is 0.00356. The molecule has 4 heterocycles. The van der Waals surface area contributed by atoms with Gasteiger partial charge in [-0.05, 0) is 30.3 Å². The first-order valence-electron chi connectivity index (χ1n) is 10.4. The molecule has 2 aliphatic rings. The van der Waals surface area contributed by atoms with Gasteiger partial charge >= 0.3 is 0 Å². The summed E-state index contributed by atoms with van der Waals surface area (Å²) in [6.07, 6.45) is 3.96. The quantitative estimate of drug-likeness (QED) is 0.596. The largest absolute Gasteiger partial charge is 0.454 e. The molecule has 10 heteroatoms. The highest BCUT2D eigenvalue weighted by molar-refractivity contribution is 5.95. The van der Waals surface area contributed by atoms with Crippen LogP contribution in [0.25, 0.3) is 11.4 Å². The van der Waals surface area contributed by atoms with Crippen molar-refractivity contribution in [3.63, 3.8) is 0 Å². The Morgan fingerprint density at radius 3 is 2.50 bits per heavy atom. The van der Waals surface area contributed by atoms with Crippen LogP contribution in [0, 0.1) is 0 Å². The molecule has 1 fully saturated rings. The summed E-state index contributed by atoms with van der Waals surface area (Å²) in [5.74, 6) is 2.05. The number of fused-ring (bicyclic) bond motifs is 1. The highest BCUT2D eigenvalue weighted by Crippen LogP contribution is 2.32. The summed E-state index contributed by atoms with van der Waals surface area (Å²) in [5.41, 5.74) is 1.36. The van der Waals surface area contributed by atoms with Crippen molar-refractivity contribution in [3.05, 3.63) is 54.2 Å². The molecule has 5 rings (SSSR count). The van der Waals surface area contributed by atoms with Gasteiger partial charge in [0.05, 0.1) is 0 Å². The van der Waals surface area contributed by atoms with Crippen LogP contribution in [0.2, 0.25) is 0 Å². The molecule has 2 amide bonds. The molecule has 0 radical (unpaired) electrons. The van der Waals surface area contributed by atoms with Crippen molar-refractivity contribution < 1.29 is 23.6 Å². The lowest BCUT2D eigenvalue weighted by molar-refractivity contribution is -0.132. The topological polar surface area (TPSA) is 111 Å². The van der Waals surface area contributed by atoms with E-state index in [0.29, 0.717) is 61.4 Å². The zero-order chi connectivity index (χ0) is 21.9. The molecule has 0 spiro atoms. The Balaban J connectivity index is 1.12. The molecule has 1 aromatic carbocycles. The smallest absolute Gasteiger partial charge is 0.254 e. The van der Waals surface area contributed by atoms with Crippen molar-refractivity contribution >= 4 is 11.8 Å². The van der Waals surface area contributed by atoms with Gasteiger partial charge in [0.1, 0.15) is 0 Å². The van der Waals surface area contributed by atoms with Crippen molar-refractivity contribution in [1.29, 1.82) is 0 Å². The number of carbonyl (C=O) groups is 2. The van der Waals surface area contributed by atoms with Crippen LogP contribution in [-0.2, 0) is 11.2 Å². The predicted octanol–water partition coefficient (Wildman–Crippen LogP) is 1.78. The van der Waals surface area contributed by atoms with E-state index in [-0.39, 0.29) is 25.0 Å². The van der Waals surface area contributed by atoms with Crippen LogP contribution in [0.15, 0.2) is 47.2 Å². The fourth-order valence-corrected chi connectivity index (χ4v) is 3.72. The Bertz CT molecular complexity index is 1120. The molecular formula is C22H21N5O5. The molecule has 0 saturated carbocycles. The molecule has 32 heavy (non-hydrogen) atoms. The molecule has 2 aliphatic heterocycles. The minimum Gasteiger partial charge on any atom is -0.454 e. The monoisotopic (exact) mass is 435 g/mol. The first-order chi connectivity index (χ1) is 15.7. The number of piperazine rings is 1. The van der Waals surface area contributed by atoms with E-state index >= 15 is 0 Å². The van der Waals surface area contributed by atoms with Crippen LogP contribution in [0.4, 0.5) is 0 Å². The van der Waals surface area contributed by atoms with Crippen LogP contribution in [0.1, 0.15) is 22.7 Å². The number of carbonyl (C=O) groups excluding carboxylic acids is 2. The zero-order valence-electron chi connectivity index (χ0n) is 17.3. The third-order valence-electron chi connectivity index (χ3n) is 5.50. The van der Waals surface area contributed by atoms with Crippen molar-refractivity contribution in [2.24, 2.45) is 0 Å². The maximum absolute atomic E-state index is 12.8. The SMILES string of the molecule is O=C(CCc1nc(-c2ccncc2)no1)N1CCN(C(=O)c2ccc3c(c2)OCO3)CC1. The summed E-state index contributed by atoms with van der Waals surface area (Å²) < 4.78 is 15.9. The van der Waals surface area contributed by atoms with Crippen LogP contribution in [0.5, 0.6) is 11.5 Å². The lowest BCUT2D eigenvalue weighted by atomic mass is 10.1. The second kappa shape index (κ2) is 8.66. The van der Waals surface area contributed by atoms with Gasteiger partial charge in [-0.25, -0.2) is 0 Å². The number of ether oxygens (including phenoxy) is 2. The Morgan fingerprint density at radius 1 is 0.938 bits per heavy atom. The van der Waals surface area contributed by atoms with E-state index in [1.54, 1.807) is 52.5 Å². The molecule has 2 aromatic heterocycles. The molecule has 0 N–H and O–H groups in total. The third-order valence-corrected chi connectivity index (χ3v) is 5.50. The van der Waals surface area contributed by atoms with Crippen LogP contribution in [-0.4, -0.2) is 69.7 Å². The predicted molar refractivity (Wildman–Crippen MR) is 111 cm³/mol. The molecule has 0 atom stereocenters. The van der Waals surface area contributed by atoms with Gasteiger partial charge in [-0.15, -0.1) is 0 Å². The average molecular weight is 435 g/mol. The number of pyridine rings is 1. The average Bonchev–Trinajstić information content (AvgIpc) is 3.52. The Labute approximate surface area is 183 Å². The summed E-state index contributed by atoms with van der Waals surface area (Å²) in [6, 6.07) is 8.77. The minimum atomic E-state index is -0.0788. The van der Waals surface area contributed by atoms with E-state index < -0.39 is 0 Å². The lowest BCUT2D eigenvalue weighted by Gasteiger charge is -2.34. The molecule has 0 bridgehead atoms. The van der Waals surface area contributed by atoms with Crippen LogP contribution >= 0.6 is 0 Å². The van der Waals surface area contributed by atoms with Crippen molar-refractivity contribution in [1.82, 2.24) is 24.9 Å². The van der Waals surface area contributed by atoms with Crippen molar-refractivity contribution in [2.45, 2.75) is 12.8 Å². The standard InChI is InChI=1S/C22H21N5O5/c28-20(4-3-19-24-21(25-32-19)15-5-7-23-8-6-15)26-9-11-27(12-10-26)22(29)16-1-2-17-18(13-16)31-14-30-17/h1-2,5-8,13H,3-4,9-12,14H2. The van der Waals surface area contributed by atoms with Gasteiger partial charge in [-0.2, -0.15) is 4.98 Å². The summed E-state index contributed by atoms with van der Waals surface area (Å²) in [5, 5.41) is 3.96. The first-order valence-corrected chi connectivity index (χ1v) is 10.4. The fourth-order valence-electron chi connectivity index (χ4n) is 3.72. The number of aryl methyl sites for hydroxylation is 1. The lowest BCUT2D eigenvalue weighted by Crippen LogP contribution is -2.50. The summed E-state index contributed by atoms with van der Waals surface area (Å²) >= 11 is 0. The van der Waals surface area contributed by atoms with E-state index in [4.69, 9.17) is 14.0 Å². The number of hydrogen-bond acceptors (Lipinski definition) is 8. The maximum atomic E-state index is 12.8. The molecule has 0 aliphatic carbocycles. The summed E-state index contributed by atoms with van der Waals surface area (Å²) in [7, 11) is 0. The number of hydrogen-bond donors (Lipinski definition) is 0. The van der Waals surface area contributed by atoms with Gasteiger partial charge in [-0.1, -0.05) is 5.16 Å². The highest BCUT2D eigenvalue weighted by Gasteiger charge is 2.26. The number of benzene rings is 1. The first kappa shape index (κ1) is 20.0. The Hall–Kier alpha value is -3.95. The van der Waals surface area contributed by atoms with Crippen molar-refractivity contribution in [3.8, 4) is 22.9 Å². The third kappa shape index (κ3) is 4.11. The van der Waals surface area contributed by atoms with Crippen LogP contribution in [0.3, 0.4) is 0 Å². The van der Waals surface area contributed by atoms with Gasteiger partial charge in [0.2, 0.25) is 24.4 Å². The fraction of sp³-hybridized carbons (Fsp3) is 0.318. The van der Waals surface area contributed by atoms with Crippen LogP contribution < -0.4 is 9.47 Å². The second-order valence-corrected chi connectivity index (χ2v) is 7.49. The molecule has 10 nitrogen and oxygen atoms in total. The van der Waals surface area contributed by atoms with E-state index in [9.17, 15) is 9.59 Å². The molecule has 3 aromatic rings. The van der Waals surface area contributed by atoms with Gasteiger partial charge in [0.15, 0.2) is 11.5 Å². The number of amides is 2.